The molecule has 19 heavy (non-hydrogen) atoms. The van der Waals surface area contributed by atoms with Gasteiger partial charge >= 0.3 is 5.97 Å². The maximum atomic E-state index is 10.6. The Balaban J connectivity index is 2.06. The van der Waals surface area contributed by atoms with Gasteiger partial charge in [0, 0.05) is 22.9 Å². The molecule has 0 aliphatic rings. The lowest BCUT2D eigenvalue weighted by molar-refractivity contribution is -0.137. The summed E-state index contributed by atoms with van der Waals surface area (Å²) in [5, 5.41) is 16.6. The van der Waals surface area contributed by atoms with Crippen molar-refractivity contribution in [3.05, 3.63) is 34.6 Å². The van der Waals surface area contributed by atoms with Gasteiger partial charge in [-0.25, -0.2) is 0 Å². The van der Waals surface area contributed by atoms with E-state index in [1.165, 1.54) is 0 Å². The molecule has 0 radical (unpaired) electrons. The van der Waals surface area contributed by atoms with Gasteiger partial charge in [-0.05, 0) is 30.2 Å². The molecule has 1 aromatic carbocycles. The quantitative estimate of drug-likeness (QED) is 0.914. The van der Waals surface area contributed by atoms with Crippen LogP contribution in [-0.4, -0.2) is 21.3 Å². The molecule has 0 saturated heterocycles. The van der Waals surface area contributed by atoms with Crippen molar-refractivity contribution in [3.8, 4) is 11.5 Å². The predicted octanol–water partition coefficient (Wildman–Crippen LogP) is 3.15. The normalized spacial score (nSPS) is 12.3. The Morgan fingerprint density at radius 3 is 2.68 bits per heavy atom. The molecular formula is C13H13BrN2O3. The Hall–Kier alpha value is -1.69. The van der Waals surface area contributed by atoms with Crippen LogP contribution in [0.1, 0.15) is 19.2 Å². The van der Waals surface area contributed by atoms with Gasteiger partial charge in [-0.2, -0.15) is 0 Å². The first-order valence-corrected chi connectivity index (χ1v) is 6.64. The number of aromatic nitrogens is 2. The highest BCUT2D eigenvalue weighted by Crippen LogP contribution is 2.21. The van der Waals surface area contributed by atoms with E-state index < -0.39 is 5.97 Å². The first-order chi connectivity index (χ1) is 9.04. The molecule has 0 fully saturated rings. The molecule has 0 saturated carbocycles. The molecule has 1 N–H and O–H groups in total. The third kappa shape index (κ3) is 3.89. The van der Waals surface area contributed by atoms with E-state index in [0.717, 1.165) is 10.0 Å². The van der Waals surface area contributed by atoms with Crippen molar-refractivity contribution in [1.29, 1.82) is 0 Å². The molecule has 1 heterocycles. The summed E-state index contributed by atoms with van der Waals surface area (Å²) >= 11 is 3.36. The topological polar surface area (TPSA) is 76.2 Å². The fourth-order valence-electron chi connectivity index (χ4n) is 1.71. The second kappa shape index (κ2) is 5.97. The molecule has 0 aliphatic heterocycles. The molecule has 0 bridgehead atoms. The van der Waals surface area contributed by atoms with Crippen LogP contribution < -0.4 is 0 Å². The van der Waals surface area contributed by atoms with Gasteiger partial charge in [-0.15, -0.1) is 10.2 Å². The number of hydrogen-bond acceptors (Lipinski definition) is 4. The van der Waals surface area contributed by atoms with Crippen molar-refractivity contribution in [2.24, 2.45) is 5.92 Å². The van der Waals surface area contributed by atoms with Gasteiger partial charge in [0.25, 0.3) is 0 Å². The molecule has 1 unspecified atom stereocenters. The second-order valence-corrected chi connectivity index (χ2v) is 5.33. The minimum absolute atomic E-state index is 0.0317. The third-order valence-electron chi connectivity index (χ3n) is 2.60. The standard InChI is InChI=1S/C13H13BrN2O3/c1-8(7-12(17)18)6-11-15-16-13(19-11)9-2-4-10(14)5-3-9/h2-5,8H,6-7H2,1H3,(H,17,18). The Labute approximate surface area is 118 Å². The van der Waals surface area contributed by atoms with Gasteiger partial charge in [-0.1, -0.05) is 22.9 Å². The first-order valence-electron chi connectivity index (χ1n) is 5.84. The van der Waals surface area contributed by atoms with Gasteiger partial charge in [0.15, 0.2) is 0 Å². The van der Waals surface area contributed by atoms with Crippen LogP contribution in [0.2, 0.25) is 0 Å². The largest absolute Gasteiger partial charge is 0.481 e. The summed E-state index contributed by atoms with van der Waals surface area (Å²) in [5.74, 6) is 0.0626. The molecule has 2 rings (SSSR count). The Kier molecular flexibility index (Phi) is 4.31. The zero-order valence-corrected chi connectivity index (χ0v) is 11.9. The van der Waals surface area contributed by atoms with E-state index in [0.29, 0.717) is 18.2 Å². The molecule has 100 valence electrons. The maximum absolute atomic E-state index is 10.6. The van der Waals surface area contributed by atoms with Crippen molar-refractivity contribution in [2.45, 2.75) is 19.8 Å². The van der Waals surface area contributed by atoms with E-state index in [4.69, 9.17) is 9.52 Å². The highest BCUT2D eigenvalue weighted by molar-refractivity contribution is 9.10. The number of carboxylic acids is 1. The van der Waals surface area contributed by atoms with Gasteiger partial charge < -0.3 is 9.52 Å². The Bertz CT molecular complexity index is 566. The van der Waals surface area contributed by atoms with Crippen LogP contribution in [0.25, 0.3) is 11.5 Å². The minimum atomic E-state index is -0.819. The monoisotopic (exact) mass is 324 g/mol. The molecule has 1 atom stereocenters. The summed E-state index contributed by atoms with van der Waals surface area (Å²) in [7, 11) is 0. The van der Waals surface area contributed by atoms with E-state index >= 15 is 0 Å². The number of halogens is 1. The summed E-state index contributed by atoms with van der Waals surface area (Å²) in [4.78, 5) is 10.6. The van der Waals surface area contributed by atoms with Crippen molar-refractivity contribution in [3.63, 3.8) is 0 Å². The zero-order valence-electron chi connectivity index (χ0n) is 10.3. The average molecular weight is 325 g/mol. The highest BCUT2D eigenvalue weighted by Gasteiger charge is 2.14. The fourth-order valence-corrected chi connectivity index (χ4v) is 1.98. The highest BCUT2D eigenvalue weighted by atomic mass is 79.9. The maximum Gasteiger partial charge on any atom is 0.303 e. The first kappa shape index (κ1) is 13.7. The smallest absolute Gasteiger partial charge is 0.303 e. The minimum Gasteiger partial charge on any atom is -0.481 e. The molecule has 0 amide bonds. The lowest BCUT2D eigenvalue weighted by Crippen LogP contribution is -2.07. The molecule has 0 spiro atoms. The van der Waals surface area contributed by atoms with Crippen LogP contribution in [0.5, 0.6) is 0 Å². The number of carbonyl (C=O) groups is 1. The average Bonchev–Trinajstić information content (AvgIpc) is 2.77. The number of benzene rings is 1. The summed E-state index contributed by atoms with van der Waals surface area (Å²) in [5.41, 5.74) is 0.841. The summed E-state index contributed by atoms with van der Waals surface area (Å²) in [6.07, 6.45) is 0.561. The van der Waals surface area contributed by atoms with Gasteiger partial charge in [-0.3, -0.25) is 4.79 Å². The van der Waals surface area contributed by atoms with Crippen molar-refractivity contribution >= 4 is 21.9 Å². The van der Waals surface area contributed by atoms with Crippen molar-refractivity contribution in [2.75, 3.05) is 0 Å². The molecule has 6 heteroatoms. The van der Waals surface area contributed by atoms with Gasteiger partial charge in [0.1, 0.15) is 0 Å². The number of carboxylic acid groups (broad SMARTS) is 1. The zero-order chi connectivity index (χ0) is 13.8. The van der Waals surface area contributed by atoms with E-state index in [-0.39, 0.29) is 12.3 Å². The van der Waals surface area contributed by atoms with Crippen LogP contribution in [0.4, 0.5) is 0 Å². The van der Waals surface area contributed by atoms with Crippen LogP contribution in [0, 0.1) is 5.92 Å². The summed E-state index contributed by atoms with van der Waals surface area (Å²) < 4.78 is 6.51. The third-order valence-corrected chi connectivity index (χ3v) is 3.13. The molecular weight excluding hydrogens is 312 g/mol. The molecule has 5 nitrogen and oxygen atoms in total. The second-order valence-electron chi connectivity index (χ2n) is 4.42. The fraction of sp³-hybridized carbons (Fsp3) is 0.308. The molecule has 1 aromatic heterocycles. The van der Waals surface area contributed by atoms with Gasteiger partial charge in [0.2, 0.25) is 11.8 Å². The van der Waals surface area contributed by atoms with Crippen LogP contribution >= 0.6 is 15.9 Å². The van der Waals surface area contributed by atoms with E-state index in [9.17, 15) is 4.79 Å². The predicted molar refractivity (Wildman–Crippen MR) is 72.6 cm³/mol. The van der Waals surface area contributed by atoms with Crippen LogP contribution in [0.3, 0.4) is 0 Å². The lowest BCUT2D eigenvalue weighted by atomic mass is 10.0. The van der Waals surface area contributed by atoms with E-state index in [2.05, 4.69) is 26.1 Å². The van der Waals surface area contributed by atoms with Crippen molar-refractivity contribution in [1.82, 2.24) is 10.2 Å². The number of nitrogens with zero attached hydrogens (tertiary/aromatic N) is 2. The van der Waals surface area contributed by atoms with E-state index in [1.807, 2.05) is 31.2 Å². The number of rotatable bonds is 5. The number of aliphatic carboxylic acids is 1. The van der Waals surface area contributed by atoms with Crippen LogP contribution in [-0.2, 0) is 11.2 Å². The SMILES string of the molecule is CC(CC(=O)O)Cc1nnc(-c2ccc(Br)cc2)o1. The summed E-state index contributed by atoms with van der Waals surface area (Å²) in [6, 6.07) is 7.54. The Morgan fingerprint density at radius 1 is 1.37 bits per heavy atom. The molecule has 2 aromatic rings. The Morgan fingerprint density at radius 2 is 2.05 bits per heavy atom. The van der Waals surface area contributed by atoms with E-state index in [1.54, 1.807) is 0 Å². The molecule has 0 aliphatic carbocycles. The van der Waals surface area contributed by atoms with Gasteiger partial charge in [0.05, 0.1) is 0 Å². The lowest BCUT2D eigenvalue weighted by Gasteiger charge is -2.03. The summed E-state index contributed by atoms with van der Waals surface area (Å²) in [6.45, 7) is 1.84. The number of hydrogen-bond donors (Lipinski definition) is 1. The van der Waals surface area contributed by atoms with Crippen LogP contribution in [0.15, 0.2) is 33.2 Å². The van der Waals surface area contributed by atoms with Crippen molar-refractivity contribution < 1.29 is 14.3 Å².